The Bertz CT molecular complexity index is 368. The van der Waals surface area contributed by atoms with Crippen molar-refractivity contribution in [3.05, 3.63) is 11.1 Å². The van der Waals surface area contributed by atoms with Crippen molar-refractivity contribution >= 4 is 5.97 Å². The van der Waals surface area contributed by atoms with Gasteiger partial charge in [-0.2, -0.15) is 5.26 Å². The van der Waals surface area contributed by atoms with Crippen molar-refractivity contribution in [1.82, 2.24) is 4.90 Å². The molecule has 1 fully saturated rings. The normalized spacial score (nSPS) is 28.4. The third-order valence-corrected chi connectivity index (χ3v) is 3.34. The van der Waals surface area contributed by atoms with Crippen molar-refractivity contribution in [3.8, 4) is 6.07 Å². The molecule has 2 atom stereocenters. The van der Waals surface area contributed by atoms with Gasteiger partial charge in [-0.05, 0) is 38.8 Å². The molecule has 0 radical (unpaired) electrons. The van der Waals surface area contributed by atoms with E-state index in [0.717, 1.165) is 18.5 Å². The fraction of sp³-hybridized carbons (Fsp3) is 0.692. The number of carbonyl (C=O) groups is 1. The first kappa shape index (κ1) is 13.7. The summed E-state index contributed by atoms with van der Waals surface area (Å²) >= 11 is 0. The van der Waals surface area contributed by atoms with Crippen LogP contribution in [0.1, 0.15) is 27.2 Å². The molecule has 17 heavy (non-hydrogen) atoms. The largest absolute Gasteiger partial charge is 0.462 e. The summed E-state index contributed by atoms with van der Waals surface area (Å²) in [5, 5.41) is 9.12. The number of piperidine rings is 1. The Hall–Kier alpha value is -1.34. The first-order chi connectivity index (χ1) is 8.01. The van der Waals surface area contributed by atoms with Crippen molar-refractivity contribution in [2.45, 2.75) is 33.2 Å². The Morgan fingerprint density at radius 2 is 2.24 bits per heavy atom. The van der Waals surface area contributed by atoms with Crippen LogP contribution in [0.15, 0.2) is 11.1 Å². The van der Waals surface area contributed by atoms with Crippen molar-refractivity contribution in [2.24, 2.45) is 5.92 Å². The van der Waals surface area contributed by atoms with Crippen LogP contribution in [0.5, 0.6) is 0 Å². The molecule has 1 saturated heterocycles. The Morgan fingerprint density at radius 3 is 2.76 bits per heavy atom. The van der Waals surface area contributed by atoms with E-state index in [1.165, 1.54) is 0 Å². The van der Waals surface area contributed by atoms with Gasteiger partial charge in [0, 0.05) is 12.6 Å². The fourth-order valence-corrected chi connectivity index (χ4v) is 2.20. The molecule has 0 N–H and O–H groups in total. The topological polar surface area (TPSA) is 53.3 Å². The predicted octanol–water partition coefficient (Wildman–Crippen LogP) is 1.73. The van der Waals surface area contributed by atoms with Gasteiger partial charge in [0.15, 0.2) is 0 Å². The first-order valence-corrected chi connectivity index (χ1v) is 6.01. The second kappa shape index (κ2) is 5.83. The highest BCUT2D eigenvalue weighted by molar-refractivity contribution is 5.93. The van der Waals surface area contributed by atoms with Crippen LogP contribution in [0.3, 0.4) is 0 Å². The second-order valence-electron chi connectivity index (χ2n) is 4.63. The minimum atomic E-state index is -0.478. The number of esters is 1. The molecule has 0 aliphatic carbocycles. The Balaban J connectivity index is 3.00. The zero-order valence-electron chi connectivity index (χ0n) is 11.0. The quantitative estimate of drug-likeness (QED) is 0.416. The summed E-state index contributed by atoms with van der Waals surface area (Å²) in [4.78, 5) is 13.9. The first-order valence-electron chi connectivity index (χ1n) is 6.01. The van der Waals surface area contributed by atoms with Gasteiger partial charge in [0.2, 0.25) is 0 Å². The summed E-state index contributed by atoms with van der Waals surface area (Å²) in [6.45, 7) is 7.08. The average Bonchev–Trinajstić information content (AvgIpc) is 2.26. The number of nitrogens with zero attached hydrogens (tertiary/aromatic N) is 2. The molecule has 0 unspecified atom stereocenters. The SMILES string of the molecule is CCOC(=O)/C(C#N)=C1/C[C@@H](C)N(C)C[C@H]1C. The van der Waals surface area contributed by atoms with Gasteiger partial charge in [-0.15, -0.1) is 0 Å². The van der Waals surface area contributed by atoms with E-state index in [1.807, 2.05) is 13.0 Å². The summed E-state index contributed by atoms with van der Waals surface area (Å²) in [7, 11) is 2.06. The average molecular weight is 236 g/mol. The number of carbonyl (C=O) groups excluding carboxylic acids is 1. The van der Waals surface area contributed by atoms with Crippen LogP contribution in [0.2, 0.25) is 0 Å². The van der Waals surface area contributed by atoms with E-state index in [-0.39, 0.29) is 11.5 Å². The number of ether oxygens (including phenoxy) is 1. The lowest BCUT2D eigenvalue weighted by Gasteiger charge is -2.36. The van der Waals surface area contributed by atoms with Crippen LogP contribution in [-0.4, -0.2) is 37.1 Å². The Labute approximate surface area is 103 Å². The Morgan fingerprint density at radius 1 is 1.59 bits per heavy atom. The molecule has 4 nitrogen and oxygen atoms in total. The molecule has 4 heteroatoms. The number of likely N-dealkylation sites (tertiary alicyclic amines) is 1. The van der Waals surface area contributed by atoms with E-state index >= 15 is 0 Å². The van der Waals surface area contributed by atoms with E-state index in [1.54, 1.807) is 6.92 Å². The van der Waals surface area contributed by atoms with Gasteiger partial charge in [-0.1, -0.05) is 6.92 Å². The minimum absolute atomic E-state index is 0.208. The maximum atomic E-state index is 11.7. The third-order valence-electron chi connectivity index (χ3n) is 3.34. The van der Waals surface area contributed by atoms with Crippen molar-refractivity contribution in [3.63, 3.8) is 0 Å². The lowest BCUT2D eigenvalue weighted by molar-refractivity contribution is -0.138. The fourth-order valence-electron chi connectivity index (χ4n) is 2.20. The van der Waals surface area contributed by atoms with Crippen molar-refractivity contribution in [1.29, 1.82) is 5.26 Å². The van der Waals surface area contributed by atoms with E-state index in [0.29, 0.717) is 12.6 Å². The van der Waals surface area contributed by atoms with E-state index in [2.05, 4.69) is 18.9 Å². The number of hydrogen-bond acceptors (Lipinski definition) is 4. The molecule has 0 aromatic carbocycles. The van der Waals surface area contributed by atoms with Gasteiger partial charge in [-0.3, -0.25) is 0 Å². The molecule has 1 heterocycles. The molecule has 1 rings (SSSR count). The zero-order chi connectivity index (χ0) is 13.0. The monoisotopic (exact) mass is 236 g/mol. The number of hydrogen-bond donors (Lipinski definition) is 0. The second-order valence-corrected chi connectivity index (χ2v) is 4.63. The van der Waals surface area contributed by atoms with Crippen LogP contribution in [0.25, 0.3) is 0 Å². The molecule has 1 aliphatic heterocycles. The summed E-state index contributed by atoms with van der Waals surface area (Å²) in [6, 6.07) is 2.37. The Kier molecular flexibility index (Phi) is 4.71. The molecule has 94 valence electrons. The van der Waals surface area contributed by atoms with Gasteiger partial charge in [0.05, 0.1) is 6.61 Å². The van der Waals surface area contributed by atoms with Crippen LogP contribution >= 0.6 is 0 Å². The molecule has 0 aromatic heterocycles. The summed E-state index contributed by atoms with van der Waals surface area (Å²) in [6.07, 6.45) is 0.763. The molecule has 1 aliphatic rings. The van der Waals surface area contributed by atoms with Gasteiger partial charge in [0.25, 0.3) is 0 Å². The highest BCUT2D eigenvalue weighted by Crippen LogP contribution is 2.28. The predicted molar refractivity (Wildman–Crippen MR) is 65.1 cm³/mol. The minimum Gasteiger partial charge on any atom is -0.462 e. The maximum Gasteiger partial charge on any atom is 0.348 e. The molecule has 0 bridgehead atoms. The summed E-state index contributed by atoms with van der Waals surface area (Å²) < 4.78 is 4.93. The molecule has 0 aromatic rings. The molecule has 0 spiro atoms. The number of rotatable bonds is 2. The zero-order valence-corrected chi connectivity index (χ0v) is 11.0. The molecule has 0 amide bonds. The van der Waals surface area contributed by atoms with E-state index in [9.17, 15) is 4.79 Å². The van der Waals surface area contributed by atoms with Gasteiger partial charge >= 0.3 is 5.97 Å². The van der Waals surface area contributed by atoms with Gasteiger partial charge in [-0.25, -0.2) is 4.79 Å². The van der Waals surface area contributed by atoms with Crippen LogP contribution in [0.4, 0.5) is 0 Å². The summed E-state index contributed by atoms with van der Waals surface area (Å²) in [5.41, 5.74) is 1.15. The van der Waals surface area contributed by atoms with E-state index in [4.69, 9.17) is 10.00 Å². The maximum absolute atomic E-state index is 11.7. The van der Waals surface area contributed by atoms with E-state index < -0.39 is 5.97 Å². The molecular weight excluding hydrogens is 216 g/mol. The molecule has 0 saturated carbocycles. The highest BCUT2D eigenvalue weighted by Gasteiger charge is 2.29. The standard InChI is InChI=1S/C13H20N2O2/c1-5-17-13(16)12(7-14)11-6-10(3)15(4)8-9(11)2/h9-10H,5-6,8H2,1-4H3/b12-11-/t9-,10-/m1/s1. The van der Waals surface area contributed by atoms with Crippen LogP contribution in [0, 0.1) is 17.2 Å². The lowest BCUT2D eigenvalue weighted by Crippen LogP contribution is -2.40. The van der Waals surface area contributed by atoms with Gasteiger partial charge in [0.1, 0.15) is 11.6 Å². The highest BCUT2D eigenvalue weighted by atomic mass is 16.5. The van der Waals surface area contributed by atoms with Crippen molar-refractivity contribution < 1.29 is 9.53 Å². The lowest BCUT2D eigenvalue weighted by atomic mass is 9.86. The summed E-state index contributed by atoms with van der Waals surface area (Å²) in [5.74, 6) is -0.246. The third kappa shape index (κ3) is 3.07. The van der Waals surface area contributed by atoms with Gasteiger partial charge < -0.3 is 9.64 Å². The van der Waals surface area contributed by atoms with Crippen molar-refractivity contribution in [2.75, 3.05) is 20.2 Å². The molecular formula is C13H20N2O2. The van der Waals surface area contributed by atoms with Crippen LogP contribution < -0.4 is 0 Å². The smallest absolute Gasteiger partial charge is 0.348 e. The van der Waals surface area contributed by atoms with Crippen LogP contribution in [-0.2, 0) is 9.53 Å². The number of nitriles is 1.